The van der Waals surface area contributed by atoms with Crippen molar-refractivity contribution in [1.29, 1.82) is 0 Å². The monoisotopic (exact) mass is 271 g/mol. The van der Waals surface area contributed by atoms with E-state index in [9.17, 15) is 0 Å². The lowest BCUT2D eigenvalue weighted by Gasteiger charge is -2.30. The number of hydrogen-bond acceptors (Lipinski definition) is 1. The second kappa shape index (κ2) is 6.08. The van der Waals surface area contributed by atoms with Gasteiger partial charge in [-0.1, -0.05) is 49.4 Å². The SMILES string of the molecule is CCNC(CC1CCC1)c1cc(Cl)cc(Cl)c1. The quantitative estimate of drug-likeness (QED) is 0.809. The third-order valence-corrected chi connectivity index (χ3v) is 3.97. The average Bonchev–Trinajstić information content (AvgIpc) is 2.20. The van der Waals surface area contributed by atoms with Crippen molar-refractivity contribution < 1.29 is 0 Å². The van der Waals surface area contributed by atoms with Gasteiger partial charge in [0.15, 0.2) is 0 Å². The lowest BCUT2D eigenvalue weighted by Crippen LogP contribution is -2.25. The van der Waals surface area contributed by atoms with Crippen LogP contribution in [0.15, 0.2) is 18.2 Å². The Balaban J connectivity index is 2.12. The van der Waals surface area contributed by atoms with Gasteiger partial charge in [-0.15, -0.1) is 0 Å². The van der Waals surface area contributed by atoms with Crippen molar-refractivity contribution >= 4 is 23.2 Å². The van der Waals surface area contributed by atoms with E-state index in [1.165, 1.54) is 31.2 Å². The van der Waals surface area contributed by atoms with E-state index in [1.807, 2.05) is 12.1 Å². The molecular formula is C14H19Cl2N. The maximum absolute atomic E-state index is 6.07. The van der Waals surface area contributed by atoms with E-state index in [-0.39, 0.29) is 0 Å². The summed E-state index contributed by atoms with van der Waals surface area (Å²) in [5.41, 5.74) is 1.22. The number of halogens is 2. The van der Waals surface area contributed by atoms with Crippen LogP contribution in [0.4, 0.5) is 0 Å². The zero-order valence-electron chi connectivity index (χ0n) is 10.2. The van der Waals surface area contributed by atoms with E-state index in [2.05, 4.69) is 12.2 Å². The maximum Gasteiger partial charge on any atom is 0.0424 e. The van der Waals surface area contributed by atoms with Crippen molar-refractivity contribution in [2.45, 2.75) is 38.6 Å². The first kappa shape index (κ1) is 13.2. The normalized spacial score (nSPS) is 17.8. The van der Waals surface area contributed by atoms with Crippen LogP contribution in [-0.4, -0.2) is 6.54 Å². The summed E-state index contributed by atoms with van der Waals surface area (Å²) in [5.74, 6) is 0.872. The second-order valence-corrected chi connectivity index (χ2v) is 5.72. The summed E-state index contributed by atoms with van der Waals surface area (Å²) < 4.78 is 0. The zero-order valence-corrected chi connectivity index (χ0v) is 11.7. The minimum Gasteiger partial charge on any atom is -0.310 e. The van der Waals surface area contributed by atoms with Crippen molar-refractivity contribution in [3.05, 3.63) is 33.8 Å². The van der Waals surface area contributed by atoms with Gasteiger partial charge in [0, 0.05) is 16.1 Å². The van der Waals surface area contributed by atoms with Crippen LogP contribution in [0.1, 0.15) is 44.2 Å². The molecule has 1 aliphatic rings. The van der Waals surface area contributed by atoms with Gasteiger partial charge < -0.3 is 5.32 Å². The van der Waals surface area contributed by atoms with E-state index >= 15 is 0 Å². The van der Waals surface area contributed by atoms with Crippen molar-refractivity contribution in [2.24, 2.45) is 5.92 Å². The molecule has 1 aliphatic carbocycles. The van der Waals surface area contributed by atoms with Gasteiger partial charge in [-0.05, 0) is 42.6 Å². The molecule has 0 aliphatic heterocycles. The van der Waals surface area contributed by atoms with Gasteiger partial charge >= 0.3 is 0 Å². The first-order valence-electron chi connectivity index (χ1n) is 6.38. The zero-order chi connectivity index (χ0) is 12.3. The Kier molecular flexibility index (Phi) is 4.72. The number of rotatable bonds is 5. The second-order valence-electron chi connectivity index (χ2n) is 4.85. The maximum atomic E-state index is 6.07. The largest absolute Gasteiger partial charge is 0.310 e. The molecule has 1 saturated carbocycles. The molecule has 0 amide bonds. The fraction of sp³-hybridized carbons (Fsp3) is 0.571. The summed E-state index contributed by atoms with van der Waals surface area (Å²) in [6.45, 7) is 3.11. The van der Waals surface area contributed by atoms with Crippen LogP contribution < -0.4 is 5.32 Å². The standard InChI is InChI=1S/C14H19Cl2N/c1-2-17-14(6-10-4-3-5-10)11-7-12(15)9-13(16)8-11/h7-10,14,17H,2-6H2,1H3. The third kappa shape index (κ3) is 3.61. The molecule has 0 spiro atoms. The van der Waals surface area contributed by atoms with Crippen LogP contribution in [0, 0.1) is 5.92 Å². The van der Waals surface area contributed by atoms with Crippen LogP contribution in [-0.2, 0) is 0 Å². The summed E-state index contributed by atoms with van der Waals surface area (Å²) in [5, 5.41) is 4.99. The first-order valence-corrected chi connectivity index (χ1v) is 7.14. The van der Waals surface area contributed by atoms with Gasteiger partial charge in [0.2, 0.25) is 0 Å². The summed E-state index contributed by atoms with van der Waals surface area (Å²) in [6, 6.07) is 6.24. The van der Waals surface area contributed by atoms with Gasteiger partial charge in [0.05, 0.1) is 0 Å². The molecule has 1 unspecified atom stereocenters. The van der Waals surface area contributed by atoms with Crippen LogP contribution >= 0.6 is 23.2 Å². The third-order valence-electron chi connectivity index (χ3n) is 3.53. The predicted octanol–water partition coefficient (Wildman–Crippen LogP) is 4.83. The lowest BCUT2D eigenvalue weighted by molar-refractivity contribution is 0.262. The summed E-state index contributed by atoms with van der Waals surface area (Å²) in [7, 11) is 0. The van der Waals surface area contributed by atoms with Crippen LogP contribution in [0.25, 0.3) is 0 Å². The van der Waals surface area contributed by atoms with Crippen molar-refractivity contribution in [3.8, 4) is 0 Å². The Bertz CT molecular complexity index is 354. The molecule has 0 radical (unpaired) electrons. The van der Waals surface area contributed by atoms with Crippen LogP contribution in [0.2, 0.25) is 10.0 Å². The average molecular weight is 272 g/mol. The molecule has 1 nitrogen and oxygen atoms in total. The van der Waals surface area contributed by atoms with E-state index in [0.29, 0.717) is 6.04 Å². The topological polar surface area (TPSA) is 12.0 Å². The van der Waals surface area contributed by atoms with Crippen molar-refractivity contribution in [3.63, 3.8) is 0 Å². The molecule has 94 valence electrons. The number of hydrogen-bond donors (Lipinski definition) is 1. The minimum absolute atomic E-state index is 0.390. The molecule has 3 heteroatoms. The predicted molar refractivity (Wildman–Crippen MR) is 74.8 cm³/mol. The van der Waals surface area contributed by atoms with Gasteiger partial charge in [0.25, 0.3) is 0 Å². The Hall–Kier alpha value is -0.240. The Morgan fingerprint density at radius 2 is 1.88 bits per heavy atom. The van der Waals surface area contributed by atoms with Gasteiger partial charge in [-0.3, -0.25) is 0 Å². The highest BCUT2D eigenvalue weighted by Gasteiger charge is 2.22. The first-order chi connectivity index (χ1) is 8.19. The number of nitrogens with one attached hydrogen (secondary N) is 1. The van der Waals surface area contributed by atoms with E-state index in [0.717, 1.165) is 22.5 Å². The lowest BCUT2D eigenvalue weighted by atomic mass is 9.79. The summed E-state index contributed by atoms with van der Waals surface area (Å²) in [6.07, 6.45) is 5.33. The van der Waals surface area contributed by atoms with Crippen molar-refractivity contribution in [1.82, 2.24) is 5.32 Å². The molecule has 0 aromatic heterocycles. The molecule has 1 aromatic carbocycles. The van der Waals surface area contributed by atoms with Gasteiger partial charge in [-0.25, -0.2) is 0 Å². The fourth-order valence-corrected chi connectivity index (χ4v) is 2.96. The molecule has 17 heavy (non-hydrogen) atoms. The molecular weight excluding hydrogens is 253 g/mol. The van der Waals surface area contributed by atoms with Crippen LogP contribution in [0.5, 0.6) is 0 Å². The fourth-order valence-electron chi connectivity index (χ4n) is 2.42. The van der Waals surface area contributed by atoms with E-state index < -0.39 is 0 Å². The molecule has 1 fully saturated rings. The van der Waals surface area contributed by atoms with Crippen molar-refractivity contribution in [2.75, 3.05) is 6.54 Å². The highest BCUT2D eigenvalue weighted by molar-refractivity contribution is 6.34. The van der Waals surface area contributed by atoms with Gasteiger partial charge in [0.1, 0.15) is 0 Å². The van der Waals surface area contributed by atoms with Crippen LogP contribution in [0.3, 0.4) is 0 Å². The summed E-state index contributed by atoms with van der Waals surface area (Å²) >= 11 is 12.1. The molecule has 0 bridgehead atoms. The highest BCUT2D eigenvalue weighted by atomic mass is 35.5. The molecule has 1 N–H and O–H groups in total. The Morgan fingerprint density at radius 1 is 1.24 bits per heavy atom. The molecule has 1 aromatic rings. The molecule has 2 rings (SSSR count). The highest BCUT2D eigenvalue weighted by Crippen LogP contribution is 2.35. The van der Waals surface area contributed by atoms with E-state index in [4.69, 9.17) is 23.2 Å². The van der Waals surface area contributed by atoms with Gasteiger partial charge in [-0.2, -0.15) is 0 Å². The summed E-state index contributed by atoms with van der Waals surface area (Å²) in [4.78, 5) is 0. The molecule has 0 heterocycles. The number of benzene rings is 1. The minimum atomic E-state index is 0.390. The molecule has 0 saturated heterocycles. The Labute approximate surface area is 114 Å². The molecule has 1 atom stereocenters. The van der Waals surface area contributed by atoms with E-state index in [1.54, 1.807) is 6.07 Å². The smallest absolute Gasteiger partial charge is 0.0424 e. The Morgan fingerprint density at radius 3 is 2.35 bits per heavy atom.